The number of hydrogen-bond donors (Lipinski definition) is 1. The van der Waals surface area contributed by atoms with Crippen molar-refractivity contribution in [1.29, 1.82) is 0 Å². The molecule has 2 saturated heterocycles. The summed E-state index contributed by atoms with van der Waals surface area (Å²) < 4.78 is 18.9. The fourth-order valence-electron chi connectivity index (χ4n) is 4.09. The molecule has 0 aromatic heterocycles. The molecule has 2 heterocycles. The lowest BCUT2D eigenvalue weighted by Gasteiger charge is -2.39. The van der Waals surface area contributed by atoms with Gasteiger partial charge in [-0.1, -0.05) is 24.3 Å². The Labute approximate surface area is 159 Å². The van der Waals surface area contributed by atoms with Crippen molar-refractivity contribution in [3.05, 3.63) is 65.5 Å². The summed E-state index contributed by atoms with van der Waals surface area (Å²) in [5.74, 6) is 0.342. The van der Waals surface area contributed by atoms with Crippen LogP contribution in [0.1, 0.15) is 35.2 Å². The molecule has 1 amide bonds. The number of nitrogens with one attached hydrogen (secondary N) is 1. The Morgan fingerprint density at radius 3 is 2.52 bits per heavy atom. The van der Waals surface area contributed by atoms with E-state index in [1.807, 2.05) is 29.2 Å². The van der Waals surface area contributed by atoms with Crippen LogP contribution >= 0.6 is 0 Å². The lowest BCUT2D eigenvalue weighted by atomic mass is 9.78. The van der Waals surface area contributed by atoms with Crippen LogP contribution < -0.4 is 10.1 Å². The quantitative estimate of drug-likeness (QED) is 0.896. The molecule has 0 atom stereocenters. The minimum Gasteiger partial charge on any atom is -0.488 e. The van der Waals surface area contributed by atoms with Gasteiger partial charge in [0.15, 0.2) is 0 Å². The van der Waals surface area contributed by atoms with E-state index in [-0.39, 0.29) is 11.7 Å². The number of benzene rings is 2. The summed E-state index contributed by atoms with van der Waals surface area (Å²) in [5.41, 5.74) is 1.85. The van der Waals surface area contributed by atoms with Crippen molar-refractivity contribution in [2.45, 2.75) is 25.9 Å². The van der Waals surface area contributed by atoms with Crippen LogP contribution in [-0.2, 0) is 6.61 Å². The van der Waals surface area contributed by atoms with Gasteiger partial charge in [-0.2, -0.15) is 0 Å². The van der Waals surface area contributed by atoms with Gasteiger partial charge in [0, 0.05) is 19.6 Å². The third-order valence-electron chi connectivity index (χ3n) is 5.87. The van der Waals surface area contributed by atoms with E-state index in [1.54, 1.807) is 12.1 Å². The van der Waals surface area contributed by atoms with Gasteiger partial charge in [0.25, 0.3) is 5.91 Å². The molecule has 1 N–H and O–H groups in total. The Bertz CT molecular complexity index is 790. The van der Waals surface area contributed by atoms with Crippen LogP contribution in [0.25, 0.3) is 0 Å². The van der Waals surface area contributed by atoms with Gasteiger partial charge in [0.1, 0.15) is 18.2 Å². The van der Waals surface area contributed by atoms with Gasteiger partial charge in [0.05, 0.1) is 5.56 Å². The van der Waals surface area contributed by atoms with Crippen molar-refractivity contribution in [2.75, 3.05) is 26.2 Å². The second-order valence-corrected chi connectivity index (χ2v) is 7.63. The second-order valence-electron chi connectivity index (χ2n) is 7.63. The predicted molar refractivity (Wildman–Crippen MR) is 102 cm³/mol. The van der Waals surface area contributed by atoms with Crippen LogP contribution in [0.4, 0.5) is 4.39 Å². The first-order valence-electron chi connectivity index (χ1n) is 9.62. The molecule has 0 saturated carbocycles. The van der Waals surface area contributed by atoms with Crippen molar-refractivity contribution in [2.24, 2.45) is 5.41 Å². The number of likely N-dealkylation sites (tertiary alicyclic amines) is 1. The molecule has 1 spiro atoms. The molecule has 2 aromatic rings. The van der Waals surface area contributed by atoms with Crippen LogP contribution in [0.5, 0.6) is 5.75 Å². The Hall–Kier alpha value is -2.40. The summed E-state index contributed by atoms with van der Waals surface area (Å²) in [7, 11) is 0. The highest BCUT2D eigenvalue weighted by atomic mass is 19.1. The summed E-state index contributed by atoms with van der Waals surface area (Å²) in [6, 6.07) is 13.6. The van der Waals surface area contributed by atoms with E-state index >= 15 is 0 Å². The molecular formula is C22H25FN2O2. The molecule has 4 rings (SSSR count). The molecule has 0 unspecified atom stereocenters. The summed E-state index contributed by atoms with van der Waals surface area (Å²) >= 11 is 0. The summed E-state index contributed by atoms with van der Waals surface area (Å²) in [4.78, 5) is 15.0. The normalized spacial score (nSPS) is 18.6. The van der Waals surface area contributed by atoms with Gasteiger partial charge in [-0.05, 0) is 61.1 Å². The van der Waals surface area contributed by atoms with E-state index in [9.17, 15) is 9.18 Å². The maximum Gasteiger partial charge on any atom is 0.257 e. The highest BCUT2D eigenvalue weighted by molar-refractivity contribution is 5.97. The highest BCUT2D eigenvalue weighted by Gasteiger charge is 2.38. The number of piperidine rings is 1. The van der Waals surface area contributed by atoms with E-state index in [1.165, 1.54) is 18.6 Å². The lowest BCUT2D eigenvalue weighted by Crippen LogP contribution is -2.44. The maximum absolute atomic E-state index is 13.1. The molecule has 0 aliphatic carbocycles. The Morgan fingerprint density at radius 2 is 1.81 bits per heavy atom. The fourth-order valence-corrected chi connectivity index (χ4v) is 4.09. The standard InChI is InChI=1S/C22H25FN2O2/c23-18-7-5-17(6-8-18)15-27-20-4-2-1-3-19(20)21(26)25-13-10-22(11-14-25)9-12-24-16-22/h1-8,24H,9-16H2. The Kier molecular flexibility index (Phi) is 5.12. The minimum atomic E-state index is -0.269. The van der Waals surface area contributed by atoms with Crippen molar-refractivity contribution in [3.8, 4) is 5.75 Å². The first-order valence-corrected chi connectivity index (χ1v) is 9.62. The van der Waals surface area contributed by atoms with Crippen molar-refractivity contribution >= 4 is 5.91 Å². The number of rotatable bonds is 4. The number of nitrogens with zero attached hydrogens (tertiary/aromatic N) is 1. The van der Waals surface area contributed by atoms with Gasteiger partial charge >= 0.3 is 0 Å². The molecule has 142 valence electrons. The topological polar surface area (TPSA) is 41.6 Å². The van der Waals surface area contributed by atoms with Crippen LogP contribution in [0.2, 0.25) is 0 Å². The molecule has 0 bridgehead atoms. The minimum absolute atomic E-state index is 0.0329. The first-order chi connectivity index (χ1) is 13.2. The first kappa shape index (κ1) is 18.0. The predicted octanol–water partition coefficient (Wildman–Crippen LogP) is 3.62. The molecular weight excluding hydrogens is 343 g/mol. The van der Waals surface area contributed by atoms with Crippen molar-refractivity contribution in [3.63, 3.8) is 0 Å². The van der Waals surface area contributed by atoms with E-state index in [0.29, 0.717) is 23.3 Å². The van der Waals surface area contributed by atoms with Crippen LogP contribution in [0, 0.1) is 11.2 Å². The molecule has 2 aromatic carbocycles. The smallest absolute Gasteiger partial charge is 0.257 e. The average Bonchev–Trinajstić information content (AvgIpc) is 3.16. The number of para-hydroxylation sites is 1. The highest BCUT2D eigenvalue weighted by Crippen LogP contribution is 2.37. The monoisotopic (exact) mass is 368 g/mol. The number of ether oxygens (including phenoxy) is 1. The maximum atomic E-state index is 13.1. The zero-order valence-corrected chi connectivity index (χ0v) is 15.4. The SMILES string of the molecule is O=C(c1ccccc1OCc1ccc(F)cc1)N1CCC2(CCNC2)CC1. The zero-order chi connectivity index (χ0) is 18.7. The third-order valence-corrected chi connectivity index (χ3v) is 5.87. The fraction of sp³-hybridized carbons (Fsp3) is 0.409. The summed E-state index contributed by atoms with van der Waals surface area (Å²) in [5, 5.41) is 3.46. The van der Waals surface area contributed by atoms with Crippen LogP contribution in [-0.4, -0.2) is 37.0 Å². The van der Waals surface area contributed by atoms with Gasteiger partial charge in [-0.25, -0.2) is 4.39 Å². The third kappa shape index (κ3) is 3.98. The van der Waals surface area contributed by atoms with E-state index < -0.39 is 0 Å². The number of carbonyl (C=O) groups excluding carboxylic acids is 1. The Balaban J connectivity index is 1.42. The molecule has 2 aliphatic heterocycles. The number of hydrogen-bond acceptors (Lipinski definition) is 3. The second kappa shape index (κ2) is 7.69. The summed E-state index contributed by atoms with van der Waals surface area (Å²) in [6.07, 6.45) is 3.33. The van der Waals surface area contributed by atoms with Crippen molar-refractivity contribution < 1.29 is 13.9 Å². The largest absolute Gasteiger partial charge is 0.488 e. The van der Waals surface area contributed by atoms with Gasteiger partial charge in [-0.3, -0.25) is 4.79 Å². The number of amides is 1. The molecule has 0 radical (unpaired) electrons. The molecule has 5 heteroatoms. The van der Waals surface area contributed by atoms with E-state index in [0.717, 1.165) is 44.6 Å². The van der Waals surface area contributed by atoms with E-state index in [4.69, 9.17) is 4.74 Å². The van der Waals surface area contributed by atoms with Crippen molar-refractivity contribution in [1.82, 2.24) is 10.2 Å². The molecule has 4 nitrogen and oxygen atoms in total. The Morgan fingerprint density at radius 1 is 1.07 bits per heavy atom. The lowest BCUT2D eigenvalue weighted by molar-refractivity contribution is 0.0603. The molecule has 2 aliphatic rings. The van der Waals surface area contributed by atoms with Crippen LogP contribution in [0.3, 0.4) is 0 Å². The summed E-state index contributed by atoms with van der Waals surface area (Å²) in [6.45, 7) is 4.07. The van der Waals surface area contributed by atoms with E-state index in [2.05, 4.69) is 5.32 Å². The number of carbonyl (C=O) groups is 1. The van der Waals surface area contributed by atoms with Gasteiger partial charge < -0.3 is 15.0 Å². The number of halogens is 1. The van der Waals surface area contributed by atoms with Crippen LogP contribution in [0.15, 0.2) is 48.5 Å². The van der Waals surface area contributed by atoms with Gasteiger partial charge in [0.2, 0.25) is 0 Å². The van der Waals surface area contributed by atoms with Gasteiger partial charge in [-0.15, -0.1) is 0 Å². The molecule has 2 fully saturated rings. The zero-order valence-electron chi connectivity index (χ0n) is 15.4. The molecule has 27 heavy (non-hydrogen) atoms. The average molecular weight is 368 g/mol.